The van der Waals surface area contributed by atoms with Crippen molar-refractivity contribution in [1.82, 2.24) is 20.2 Å². The summed E-state index contributed by atoms with van der Waals surface area (Å²) in [6, 6.07) is 20.5. The standard InChI is InChI=1S/C22H28N6/c1-23-22(25-15-9-14-24-19-12-7-4-8-13-19)28(2)17-21-26-16-20(27-21)18-10-5-3-6-11-18/h3-8,10-13,16,24H,9,14-15,17H2,1-2H3,(H,23,25)(H,26,27). The van der Waals surface area contributed by atoms with Gasteiger partial charge in [-0.05, 0) is 24.1 Å². The molecule has 0 aliphatic carbocycles. The van der Waals surface area contributed by atoms with E-state index in [4.69, 9.17) is 0 Å². The number of nitrogens with one attached hydrogen (secondary N) is 3. The Kier molecular flexibility index (Phi) is 7.07. The zero-order chi connectivity index (χ0) is 19.6. The number of para-hydroxylation sites is 1. The number of aliphatic imine (C=N–C) groups is 1. The molecule has 0 aliphatic rings. The molecule has 0 saturated carbocycles. The predicted octanol–water partition coefficient (Wildman–Crippen LogP) is 3.59. The summed E-state index contributed by atoms with van der Waals surface area (Å²) in [4.78, 5) is 14.3. The summed E-state index contributed by atoms with van der Waals surface area (Å²) in [6.07, 6.45) is 2.88. The molecular weight excluding hydrogens is 348 g/mol. The summed E-state index contributed by atoms with van der Waals surface area (Å²) in [5, 5.41) is 6.82. The maximum Gasteiger partial charge on any atom is 0.193 e. The maximum absolute atomic E-state index is 4.50. The number of imidazole rings is 1. The first kappa shape index (κ1) is 19.5. The SMILES string of the molecule is CN=C(NCCCNc1ccccc1)N(C)Cc1ncc(-c2ccccc2)[nH]1. The van der Waals surface area contributed by atoms with Crippen molar-refractivity contribution in [2.75, 3.05) is 32.5 Å². The molecule has 0 saturated heterocycles. The van der Waals surface area contributed by atoms with Gasteiger partial charge in [0.15, 0.2) is 5.96 Å². The van der Waals surface area contributed by atoms with E-state index in [1.54, 1.807) is 7.05 Å². The minimum absolute atomic E-state index is 0.661. The summed E-state index contributed by atoms with van der Waals surface area (Å²) < 4.78 is 0. The van der Waals surface area contributed by atoms with Crippen LogP contribution in [0.15, 0.2) is 71.9 Å². The molecule has 1 heterocycles. The molecular formula is C22H28N6. The van der Waals surface area contributed by atoms with E-state index in [9.17, 15) is 0 Å². The van der Waals surface area contributed by atoms with Crippen LogP contribution in [0.25, 0.3) is 11.3 Å². The monoisotopic (exact) mass is 376 g/mol. The molecule has 146 valence electrons. The Morgan fingerprint density at radius 3 is 2.46 bits per heavy atom. The van der Waals surface area contributed by atoms with E-state index in [-0.39, 0.29) is 0 Å². The number of nitrogens with zero attached hydrogens (tertiary/aromatic N) is 3. The fourth-order valence-corrected chi connectivity index (χ4v) is 2.97. The number of guanidine groups is 1. The Balaban J connectivity index is 1.43. The molecule has 28 heavy (non-hydrogen) atoms. The third-order valence-electron chi connectivity index (χ3n) is 4.41. The van der Waals surface area contributed by atoms with E-state index in [0.717, 1.165) is 48.2 Å². The van der Waals surface area contributed by atoms with E-state index < -0.39 is 0 Å². The fraction of sp³-hybridized carbons (Fsp3) is 0.273. The molecule has 6 nitrogen and oxygen atoms in total. The van der Waals surface area contributed by atoms with Gasteiger partial charge in [0.1, 0.15) is 5.82 Å². The smallest absolute Gasteiger partial charge is 0.193 e. The highest BCUT2D eigenvalue weighted by Crippen LogP contribution is 2.16. The average molecular weight is 377 g/mol. The summed E-state index contributed by atoms with van der Waals surface area (Å²) >= 11 is 0. The Morgan fingerprint density at radius 2 is 1.75 bits per heavy atom. The lowest BCUT2D eigenvalue weighted by atomic mass is 10.2. The second-order valence-corrected chi connectivity index (χ2v) is 6.59. The normalized spacial score (nSPS) is 11.3. The van der Waals surface area contributed by atoms with E-state index in [1.165, 1.54) is 0 Å². The molecule has 2 aromatic carbocycles. The van der Waals surface area contributed by atoms with Gasteiger partial charge in [-0.2, -0.15) is 0 Å². The molecule has 0 fully saturated rings. The van der Waals surface area contributed by atoms with Crippen LogP contribution in [0.4, 0.5) is 5.69 Å². The van der Waals surface area contributed by atoms with Crippen LogP contribution >= 0.6 is 0 Å². The molecule has 0 spiro atoms. The fourth-order valence-electron chi connectivity index (χ4n) is 2.97. The second-order valence-electron chi connectivity index (χ2n) is 6.59. The average Bonchev–Trinajstić information content (AvgIpc) is 3.20. The van der Waals surface area contributed by atoms with Gasteiger partial charge in [0.2, 0.25) is 0 Å². The number of rotatable bonds is 8. The molecule has 3 N–H and O–H groups in total. The lowest BCUT2D eigenvalue weighted by Crippen LogP contribution is -2.39. The topological polar surface area (TPSA) is 68.3 Å². The molecule has 6 heteroatoms. The Labute approximate surface area is 166 Å². The van der Waals surface area contributed by atoms with Gasteiger partial charge in [0, 0.05) is 32.9 Å². The van der Waals surface area contributed by atoms with Crippen LogP contribution in [0.1, 0.15) is 12.2 Å². The number of anilines is 1. The highest BCUT2D eigenvalue weighted by atomic mass is 15.3. The number of aromatic amines is 1. The highest BCUT2D eigenvalue weighted by Gasteiger charge is 2.09. The number of hydrogen-bond donors (Lipinski definition) is 3. The summed E-state index contributed by atoms with van der Waals surface area (Å²) in [7, 11) is 3.82. The molecule has 1 aromatic heterocycles. The van der Waals surface area contributed by atoms with Crippen molar-refractivity contribution in [3.05, 3.63) is 72.7 Å². The molecule has 0 amide bonds. The lowest BCUT2D eigenvalue weighted by Gasteiger charge is -2.21. The quantitative estimate of drug-likeness (QED) is 0.319. The van der Waals surface area contributed by atoms with Crippen LogP contribution in [0.2, 0.25) is 0 Å². The van der Waals surface area contributed by atoms with Crippen molar-refractivity contribution in [1.29, 1.82) is 0 Å². The third kappa shape index (κ3) is 5.61. The molecule has 0 radical (unpaired) electrons. The van der Waals surface area contributed by atoms with Crippen molar-refractivity contribution in [3.63, 3.8) is 0 Å². The van der Waals surface area contributed by atoms with Crippen LogP contribution in [0.3, 0.4) is 0 Å². The van der Waals surface area contributed by atoms with Gasteiger partial charge in [0.25, 0.3) is 0 Å². The van der Waals surface area contributed by atoms with E-state index >= 15 is 0 Å². The van der Waals surface area contributed by atoms with E-state index in [2.05, 4.69) is 54.8 Å². The van der Waals surface area contributed by atoms with Gasteiger partial charge in [-0.15, -0.1) is 0 Å². The van der Waals surface area contributed by atoms with Crippen LogP contribution in [-0.4, -0.2) is 48.0 Å². The van der Waals surface area contributed by atoms with Crippen LogP contribution in [0, 0.1) is 0 Å². The van der Waals surface area contributed by atoms with Crippen molar-refractivity contribution in [2.24, 2.45) is 4.99 Å². The van der Waals surface area contributed by atoms with Gasteiger partial charge in [-0.3, -0.25) is 4.99 Å². The molecule has 0 bridgehead atoms. The number of hydrogen-bond acceptors (Lipinski definition) is 3. The van der Waals surface area contributed by atoms with Crippen molar-refractivity contribution >= 4 is 11.6 Å². The van der Waals surface area contributed by atoms with Gasteiger partial charge < -0.3 is 20.5 Å². The zero-order valence-corrected chi connectivity index (χ0v) is 16.5. The Hall–Kier alpha value is -3.28. The first-order valence-electron chi connectivity index (χ1n) is 9.56. The summed E-state index contributed by atoms with van der Waals surface area (Å²) in [6.45, 7) is 2.43. The van der Waals surface area contributed by atoms with Crippen molar-refractivity contribution in [3.8, 4) is 11.3 Å². The van der Waals surface area contributed by atoms with Gasteiger partial charge in [-0.25, -0.2) is 4.98 Å². The van der Waals surface area contributed by atoms with Crippen LogP contribution in [-0.2, 0) is 6.54 Å². The molecule has 0 atom stereocenters. The first-order chi connectivity index (χ1) is 13.8. The Bertz CT molecular complexity index is 857. The van der Waals surface area contributed by atoms with Crippen molar-refractivity contribution < 1.29 is 0 Å². The van der Waals surface area contributed by atoms with Crippen molar-refractivity contribution in [2.45, 2.75) is 13.0 Å². The number of aromatic nitrogens is 2. The Morgan fingerprint density at radius 1 is 1.04 bits per heavy atom. The maximum atomic E-state index is 4.50. The van der Waals surface area contributed by atoms with E-state index in [0.29, 0.717) is 6.54 Å². The van der Waals surface area contributed by atoms with Crippen LogP contribution in [0.5, 0.6) is 0 Å². The largest absolute Gasteiger partial charge is 0.385 e. The minimum atomic E-state index is 0.661. The molecule has 0 unspecified atom stereocenters. The highest BCUT2D eigenvalue weighted by molar-refractivity contribution is 5.79. The van der Waals surface area contributed by atoms with Gasteiger partial charge in [0.05, 0.1) is 18.4 Å². The van der Waals surface area contributed by atoms with E-state index in [1.807, 2.05) is 49.6 Å². The number of H-pyrrole nitrogens is 1. The summed E-state index contributed by atoms with van der Waals surface area (Å²) in [5.74, 6) is 1.77. The molecule has 3 rings (SSSR count). The summed E-state index contributed by atoms with van der Waals surface area (Å²) in [5.41, 5.74) is 3.31. The third-order valence-corrected chi connectivity index (χ3v) is 4.41. The second kappa shape index (κ2) is 10.2. The van der Waals surface area contributed by atoms with Crippen LogP contribution < -0.4 is 10.6 Å². The lowest BCUT2D eigenvalue weighted by molar-refractivity contribution is 0.463. The minimum Gasteiger partial charge on any atom is -0.385 e. The van der Waals surface area contributed by atoms with Gasteiger partial charge in [-0.1, -0.05) is 48.5 Å². The molecule has 0 aliphatic heterocycles. The van der Waals surface area contributed by atoms with Gasteiger partial charge >= 0.3 is 0 Å². The molecule has 3 aromatic rings. The first-order valence-corrected chi connectivity index (χ1v) is 9.56. The number of benzene rings is 2. The zero-order valence-electron chi connectivity index (χ0n) is 16.5. The predicted molar refractivity (Wildman–Crippen MR) is 116 cm³/mol.